The van der Waals surface area contributed by atoms with E-state index in [0.29, 0.717) is 5.69 Å². The molecule has 0 saturated carbocycles. The van der Waals surface area contributed by atoms with E-state index in [1.165, 1.54) is 24.3 Å². The lowest BCUT2D eigenvalue weighted by molar-refractivity contribution is -0.142. The van der Waals surface area contributed by atoms with Crippen molar-refractivity contribution in [2.75, 3.05) is 24.7 Å². The van der Waals surface area contributed by atoms with Crippen LogP contribution in [0.4, 0.5) is 5.69 Å². The second-order valence-corrected chi connectivity index (χ2v) is 7.63. The zero-order valence-electron chi connectivity index (χ0n) is 18.9. The van der Waals surface area contributed by atoms with Crippen molar-refractivity contribution in [1.82, 2.24) is 0 Å². The Morgan fingerprint density at radius 1 is 0.743 bits per heavy atom. The molecule has 0 saturated heterocycles. The summed E-state index contributed by atoms with van der Waals surface area (Å²) in [5.74, 6) is -3.04. The Hall–Kier alpha value is -4.59. The average Bonchev–Trinajstić information content (AvgIpc) is 2.89. The van der Waals surface area contributed by atoms with Gasteiger partial charge in [0.2, 0.25) is 0 Å². The van der Waals surface area contributed by atoms with E-state index in [1.807, 2.05) is 0 Å². The molecule has 0 heterocycles. The maximum absolute atomic E-state index is 13.1. The number of para-hydroxylation sites is 1. The molecule has 35 heavy (non-hydrogen) atoms. The molecule has 3 aromatic carbocycles. The first-order valence-electron chi connectivity index (χ1n) is 10.9. The van der Waals surface area contributed by atoms with Gasteiger partial charge in [-0.3, -0.25) is 24.1 Å². The highest BCUT2D eigenvalue weighted by Crippen LogP contribution is 2.29. The lowest BCUT2D eigenvalue weighted by Crippen LogP contribution is -2.39. The third-order valence-electron chi connectivity index (χ3n) is 5.46. The minimum atomic E-state index is -0.931. The third kappa shape index (κ3) is 4.72. The SMILES string of the molecule is CCOC(=O)CN(C(=O)COC(=O)c1cccc2c1C(=O)c1ccccc1C2=O)c1ccccc1. The fraction of sp³-hybridized carbons (Fsp3) is 0.148. The molecule has 0 radical (unpaired) electrons. The number of ketones is 2. The predicted molar refractivity (Wildman–Crippen MR) is 125 cm³/mol. The summed E-state index contributed by atoms with van der Waals surface area (Å²) in [5, 5.41) is 0. The molecule has 4 rings (SSSR count). The number of hydrogen-bond acceptors (Lipinski definition) is 7. The van der Waals surface area contributed by atoms with Crippen LogP contribution in [0.3, 0.4) is 0 Å². The van der Waals surface area contributed by atoms with Crippen molar-refractivity contribution in [2.45, 2.75) is 6.92 Å². The van der Waals surface area contributed by atoms with Crippen LogP contribution in [0.5, 0.6) is 0 Å². The van der Waals surface area contributed by atoms with E-state index in [2.05, 4.69) is 0 Å². The second kappa shape index (κ2) is 10.1. The van der Waals surface area contributed by atoms with Crippen LogP contribution in [0, 0.1) is 0 Å². The van der Waals surface area contributed by atoms with E-state index in [4.69, 9.17) is 9.47 Å². The molecular weight excluding hydrogens is 450 g/mol. The standard InChI is InChI=1S/C27H21NO7/c1-2-34-23(30)15-28(17-9-4-3-5-10-17)22(29)16-35-27(33)21-14-8-13-20-24(21)26(32)19-12-7-6-11-18(19)25(20)31/h3-14H,2,15-16H2,1H3. The van der Waals surface area contributed by atoms with Gasteiger partial charge in [-0.1, -0.05) is 54.6 Å². The van der Waals surface area contributed by atoms with Crippen molar-refractivity contribution in [3.8, 4) is 0 Å². The topological polar surface area (TPSA) is 107 Å². The molecule has 0 aromatic heterocycles. The number of carbonyl (C=O) groups excluding carboxylic acids is 5. The van der Waals surface area contributed by atoms with E-state index in [0.717, 1.165) is 4.90 Å². The van der Waals surface area contributed by atoms with Crippen LogP contribution >= 0.6 is 0 Å². The molecule has 8 nitrogen and oxygen atoms in total. The minimum absolute atomic E-state index is 0.0555. The molecule has 1 amide bonds. The molecule has 176 valence electrons. The van der Waals surface area contributed by atoms with Crippen molar-refractivity contribution in [2.24, 2.45) is 0 Å². The monoisotopic (exact) mass is 471 g/mol. The van der Waals surface area contributed by atoms with Gasteiger partial charge in [-0.2, -0.15) is 0 Å². The number of anilines is 1. The molecule has 8 heteroatoms. The summed E-state index contributed by atoms with van der Waals surface area (Å²) >= 11 is 0. The Morgan fingerprint density at radius 3 is 2.06 bits per heavy atom. The Morgan fingerprint density at radius 2 is 1.37 bits per heavy atom. The normalized spacial score (nSPS) is 11.8. The maximum Gasteiger partial charge on any atom is 0.339 e. The van der Waals surface area contributed by atoms with Gasteiger partial charge in [-0.25, -0.2) is 4.79 Å². The zero-order chi connectivity index (χ0) is 24.9. The average molecular weight is 471 g/mol. The van der Waals surface area contributed by atoms with Crippen LogP contribution in [-0.2, 0) is 19.1 Å². The van der Waals surface area contributed by atoms with Gasteiger partial charge >= 0.3 is 11.9 Å². The number of fused-ring (bicyclic) bond motifs is 2. The van der Waals surface area contributed by atoms with Gasteiger partial charge < -0.3 is 9.47 Å². The van der Waals surface area contributed by atoms with Gasteiger partial charge in [-0.05, 0) is 25.1 Å². The molecule has 0 atom stereocenters. The first-order chi connectivity index (χ1) is 16.9. The third-order valence-corrected chi connectivity index (χ3v) is 5.46. The van der Waals surface area contributed by atoms with Crippen molar-refractivity contribution in [1.29, 1.82) is 0 Å². The highest BCUT2D eigenvalue weighted by Gasteiger charge is 2.33. The highest BCUT2D eigenvalue weighted by atomic mass is 16.5. The van der Waals surface area contributed by atoms with Gasteiger partial charge in [-0.15, -0.1) is 0 Å². The second-order valence-electron chi connectivity index (χ2n) is 7.63. The fourth-order valence-corrected chi connectivity index (χ4v) is 3.87. The number of nitrogens with zero attached hydrogens (tertiary/aromatic N) is 1. The summed E-state index contributed by atoms with van der Waals surface area (Å²) in [7, 11) is 0. The van der Waals surface area contributed by atoms with Crippen LogP contribution in [0.1, 0.15) is 49.1 Å². The summed E-state index contributed by atoms with van der Waals surface area (Å²) < 4.78 is 10.2. The van der Waals surface area contributed by atoms with E-state index < -0.39 is 30.2 Å². The summed E-state index contributed by atoms with van der Waals surface area (Å²) in [6.45, 7) is 0.757. The molecule has 1 aliphatic carbocycles. The van der Waals surface area contributed by atoms with E-state index in [1.54, 1.807) is 55.5 Å². The summed E-state index contributed by atoms with van der Waals surface area (Å²) in [5.41, 5.74) is 0.827. The fourth-order valence-electron chi connectivity index (χ4n) is 3.87. The van der Waals surface area contributed by atoms with Crippen LogP contribution in [0.15, 0.2) is 72.8 Å². The lowest BCUT2D eigenvalue weighted by Gasteiger charge is -2.22. The summed E-state index contributed by atoms with van der Waals surface area (Å²) in [4.78, 5) is 65.0. The lowest BCUT2D eigenvalue weighted by atomic mass is 9.82. The van der Waals surface area contributed by atoms with Crippen LogP contribution in [0.25, 0.3) is 0 Å². The zero-order valence-corrected chi connectivity index (χ0v) is 18.9. The smallest absolute Gasteiger partial charge is 0.339 e. The number of esters is 2. The van der Waals surface area contributed by atoms with E-state index in [-0.39, 0.29) is 46.8 Å². The Kier molecular flexibility index (Phi) is 6.82. The molecule has 0 fully saturated rings. The molecule has 0 unspecified atom stereocenters. The first kappa shape index (κ1) is 23.6. The molecule has 1 aliphatic rings. The number of hydrogen-bond donors (Lipinski definition) is 0. The number of ether oxygens (including phenoxy) is 2. The van der Waals surface area contributed by atoms with Crippen LogP contribution in [0.2, 0.25) is 0 Å². The van der Waals surface area contributed by atoms with Crippen molar-refractivity contribution in [3.05, 3.63) is 101 Å². The molecule has 3 aromatic rings. The van der Waals surface area contributed by atoms with Crippen molar-refractivity contribution >= 4 is 35.1 Å². The minimum Gasteiger partial charge on any atom is -0.465 e. The quantitative estimate of drug-likeness (QED) is 0.381. The Bertz CT molecular complexity index is 1330. The van der Waals surface area contributed by atoms with Crippen LogP contribution < -0.4 is 4.90 Å². The molecule has 0 N–H and O–H groups in total. The van der Waals surface area contributed by atoms with Crippen LogP contribution in [-0.4, -0.2) is 49.2 Å². The van der Waals surface area contributed by atoms with Gasteiger partial charge in [0, 0.05) is 27.9 Å². The number of benzene rings is 3. The van der Waals surface area contributed by atoms with Gasteiger partial charge in [0.05, 0.1) is 12.2 Å². The largest absolute Gasteiger partial charge is 0.465 e. The van der Waals surface area contributed by atoms with E-state index in [9.17, 15) is 24.0 Å². The number of rotatable bonds is 7. The van der Waals surface area contributed by atoms with Gasteiger partial charge in [0.1, 0.15) is 6.54 Å². The summed E-state index contributed by atoms with van der Waals surface area (Å²) in [6, 6.07) is 19.1. The Labute approximate surface area is 201 Å². The predicted octanol–water partition coefficient (Wildman–Crippen LogP) is 3.22. The number of amides is 1. The van der Waals surface area contributed by atoms with E-state index >= 15 is 0 Å². The molecule has 0 bridgehead atoms. The molecule has 0 spiro atoms. The maximum atomic E-state index is 13.1. The first-order valence-corrected chi connectivity index (χ1v) is 10.9. The number of carbonyl (C=O) groups is 5. The molecule has 0 aliphatic heterocycles. The van der Waals surface area contributed by atoms with Crippen molar-refractivity contribution < 1.29 is 33.4 Å². The van der Waals surface area contributed by atoms with Crippen molar-refractivity contribution in [3.63, 3.8) is 0 Å². The Balaban J connectivity index is 1.56. The van der Waals surface area contributed by atoms with Gasteiger partial charge in [0.25, 0.3) is 5.91 Å². The highest BCUT2D eigenvalue weighted by molar-refractivity contribution is 6.30. The molecular formula is C27H21NO7. The summed E-state index contributed by atoms with van der Waals surface area (Å²) in [6.07, 6.45) is 0. The van der Waals surface area contributed by atoms with Gasteiger partial charge in [0.15, 0.2) is 18.2 Å².